The predicted octanol–water partition coefficient (Wildman–Crippen LogP) is 2.39. The molecule has 0 radical (unpaired) electrons. The number of piperidine rings is 1. The van der Waals surface area contributed by atoms with E-state index >= 15 is 0 Å². The molecule has 1 aliphatic rings. The molecule has 1 atom stereocenters. The molecule has 0 aromatic rings. The zero-order valence-electron chi connectivity index (χ0n) is 17.1. The Kier molecular flexibility index (Phi) is 9.67. The van der Waals surface area contributed by atoms with Crippen molar-refractivity contribution in [2.45, 2.75) is 72.0 Å². The molecule has 5 nitrogen and oxygen atoms in total. The Hall–Kier alpha value is -0.810. The van der Waals surface area contributed by atoms with Gasteiger partial charge < -0.3 is 20.4 Å². The van der Waals surface area contributed by atoms with Crippen LogP contribution < -0.4 is 10.6 Å². The van der Waals surface area contributed by atoms with Crippen LogP contribution in [0.15, 0.2) is 4.99 Å². The molecule has 0 bridgehead atoms. The largest absolute Gasteiger partial charge is 0.357 e. The van der Waals surface area contributed by atoms with Gasteiger partial charge in [-0.05, 0) is 60.0 Å². The van der Waals surface area contributed by atoms with Gasteiger partial charge in [0.15, 0.2) is 5.96 Å². The summed E-state index contributed by atoms with van der Waals surface area (Å²) < 4.78 is 0. The van der Waals surface area contributed by atoms with E-state index < -0.39 is 0 Å². The molecule has 1 saturated heterocycles. The number of guanidine groups is 1. The van der Waals surface area contributed by atoms with Gasteiger partial charge in [-0.15, -0.1) is 0 Å². The van der Waals surface area contributed by atoms with Crippen LogP contribution in [-0.4, -0.2) is 74.2 Å². The van der Waals surface area contributed by atoms with E-state index in [0.717, 1.165) is 19.0 Å². The first-order valence-electron chi connectivity index (χ1n) is 9.78. The Morgan fingerprint density at radius 3 is 2.25 bits per heavy atom. The van der Waals surface area contributed by atoms with Crippen LogP contribution in [0.5, 0.6) is 0 Å². The van der Waals surface area contributed by atoms with Crippen LogP contribution in [0, 0.1) is 5.92 Å². The second kappa shape index (κ2) is 10.9. The van der Waals surface area contributed by atoms with Crippen molar-refractivity contribution in [1.82, 2.24) is 20.4 Å². The average Bonchev–Trinajstić information content (AvgIpc) is 2.51. The summed E-state index contributed by atoms with van der Waals surface area (Å²) in [5.74, 6) is 1.68. The Bertz CT molecular complexity index is 357. The number of hydrogen-bond acceptors (Lipinski definition) is 3. The van der Waals surface area contributed by atoms with Crippen molar-refractivity contribution in [2.75, 3.05) is 40.3 Å². The summed E-state index contributed by atoms with van der Waals surface area (Å²) in [5, 5.41) is 7.08. The minimum Gasteiger partial charge on any atom is -0.357 e. The van der Waals surface area contributed by atoms with Crippen molar-refractivity contribution in [3.05, 3.63) is 0 Å². The first-order valence-corrected chi connectivity index (χ1v) is 9.78. The van der Waals surface area contributed by atoms with E-state index in [4.69, 9.17) is 4.99 Å². The summed E-state index contributed by atoms with van der Waals surface area (Å²) in [6.07, 6.45) is 3.58. The van der Waals surface area contributed by atoms with Crippen LogP contribution >= 0.6 is 0 Å². The van der Waals surface area contributed by atoms with E-state index in [1.165, 1.54) is 32.4 Å². The summed E-state index contributed by atoms with van der Waals surface area (Å²) in [7, 11) is 4.31. The van der Waals surface area contributed by atoms with Gasteiger partial charge in [0.05, 0.1) is 6.54 Å². The van der Waals surface area contributed by atoms with Gasteiger partial charge in [0.2, 0.25) is 0 Å². The highest BCUT2D eigenvalue weighted by Gasteiger charge is 2.21. The van der Waals surface area contributed by atoms with Crippen molar-refractivity contribution < 1.29 is 0 Å². The van der Waals surface area contributed by atoms with E-state index in [1.54, 1.807) is 0 Å². The summed E-state index contributed by atoms with van der Waals surface area (Å²) in [4.78, 5) is 9.74. The first-order chi connectivity index (χ1) is 11.3. The SMILES string of the molecule is CCNC(=NCC(CC(C)C)N(C)C)NC1CCN(C(C)C)CC1. The Morgan fingerprint density at radius 2 is 1.79 bits per heavy atom. The summed E-state index contributed by atoms with van der Waals surface area (Å²) in [5.41, 5.74) is 0. The molecule has 2 N–H and O–H groups in total. The van der Waals surface area contributed by atoms with Gasteiger partial charge in [0, 0.05) is 37.8 Å². The van der Waals surface area contributed by atoms with Gasteiger partial charge in [0.25, 0.3) is 0 Å². The maximum absolute atomic E-state index is 4.88. The van der Waals surface area contributed by atoms with Crippen LogP contribution in [0.3, 0.4) is 0 Å². The second-order valence-electron chi connectivity index (χ2n) is 8.01. The maximum atomic E-state index is 4.88. The molecule has 0 aliphatic carbocycles. The zero-order valence-corrected chi connectivity index (χ0v) is 17.1. The second-order valence-corrected chi connectivity index (χ2v) is 8.01. The molecule has 0 aromatic heterocycles. The minimum atomic E-state index is 0.503. The van der Waals surface area contributed by atoms with E-state index in [2.05, 4.69) is 69.1 Å². The molecular formula is C19H41N5. The molecule has 1 rings (SSSR count). The molecular weight excluding hydrogens is 298 g/mol. The van der Waals surface area contributed by atoms with Crippen molar-refractivity contribution >= 4 is 5.96 Å². The summed E-state index contributed by atoms with van der Waals surface area (Å²) >= 11 is 0. The van der Waals surface area contributed by atoms with E-state index in [-0.39, 0.29) is 0 Å². The fourth-order valence-corrected chi connectivity index (χ4v) is 3.26. The van der Waals surface area contributed by atoms with Crippen molar-refractivity contribution in [2.24, 2.45) is 10.9 Å². The molecule has 1 heterocycles. The lowest BCUT2D eigenvalue weighted by Gasteiger charge is -2.35. The summed E-state index contributed by atoms with van der Waals surface area (Å²) in [6, 6.07) is 1.70. The lowest BCUT2D eigenvalue weighted by molar-refractivity contribution is 0.167. The van der Waals surface area contributed by atoms with Crippen molar-refractivity contribution in [1.29, 1.82) is 0 Å². The van der Waals surface area contributed by atoms with E-state index in [0.29, 0.717) is 24.0 Å². The highest BCUT2D eigenvalue weighted by molar-refractivity contribution is 5.80. The van der Waals surface area contributed by atoms with Gasteiger partial charge in [-0.1, -0.05) is 13.8 Å². The van der Waals surface area contributed by atoms with Crippen LogP contribution in [0.2, 0.25) is 0 Å². The van der Waals surface area contributed by atoms with Gasteiger partial charge >= 0.3 is 0 Å². The number of rotatable bonds is 8. The predicted molar refractivity (Wildman–Crippen MR) is 106 cm³/mol. The fraction of sp³-hybridized carbons (Fsp3) is 0.947. The van der Waals surface area contributed by atoms with Crippen LogP contribution in [0.25, 0.3) is 0 Å². The Morgan fingerprint density at radius 1 is 1.17 bits per heavy atom. The fourth-order valence-electron chi connectivity index (χ4n) is 3.26. The Balaban J connectivity index is 2.56. The quantitative estimate of drug-likeness (QED) is 0.526. The smallest absolute Gasteiger partial charge is 0.191 e. The van der Waals surface area contributed by atoms with E-state index in [1.807, 2.05) is 0 Å². The van der Waals surface area contributed by atoms with Crippen molar-refractivity contribution in [3.63, 3.8) is 0 Å². The number of likely N-dealkylation sites (tertiary alicyclic amines) is 1. The maximum Gasteiger partial charge on any atom is 0.191 e. The highest BCUT2D eigenvalue weighted by Crippen LogP contribution is 2.13. The molecule has 0 aromatic carbocycles. The lowest BCUT2D eigenvalue weighted by Crippen LogP contribution is -2.50. The summed E-state index contributed by atoms with van der Waals surface area (Å²) in [6.45, 7) is 15.4. The van der Waals surface area contributed by atoms with Crippen LogP contribution in [-0.2, 0) is 0 Å². The van der Waals surface area contributed by atoms with Crippen LogP contribution in [0.4, 0.5) is 0 Å². The molecule has 0 spiro atoms. The number of nitrogens with one attached hydrogen (secondary N) is 2. The molecule has 0 saturated carbocycles. The number of aliphatic imine (C=N–C) groups is 1. The van der Waals surface area contributed by atoms with Gasteiger partial charge in [-0.2, -0.15) is 0 Å². The van der Waals surface area contributed by atoms with Gasteiger partial charge in [0.1, 0.15) is 0 Å². The third kappa shape index (κ3) is 7.84. The number of nitrogens with zero attached hydrogens (tertiary/aromatic N) is 3. The molecule has 1 aliphatic heterocycles. The molecule has 5 heteroatoms. The number of likely N-dealkylation sites (N-methyl/N-ethyl adjacent to an activating group) is 1. The molecule has 1 unspecified atom stereocenters. The zero-order chi connectivity index (χ0) is 18.1. The third-order valence-corrected chi connectivity index (χ3v) is 4.88. The lowest BCUT2D eigenvalue weighted by atomic mass is 10.0. The topological polar surface area (TPSA) is 42.9 Å². The van der Waals surface area contributed by atoms with Gasteiger partial charge in [-0.25, -0.2) is 0 Å². The van der Waals surface area contributed by atoms with Gasteiger partial charge in [-0.3, -0.25) is 4.99 Å². The van der Waals surface area contributed by atoms with E-state index in [9.17, 15) is 0 Å². The third-order valence-electron chi connectivity index (χ3n) is 4.88. The monoisotopic (exact) mass is 339 g/mol. The standard InChI is InChI=1S/C19H41N5/c1-8-20-19(21-14-18(23(6)7)13-15(2)3)22-17-9-11-24(12-10-17)16(4)5/h15-18H,8-14H2,1-7H3,(H2,20,21,22). The molecule has 0 amide bonds. The van der Waals surface area contributed by atoms with Crippen LogP contribution in [0.1, 0.15) is 53.9 Å². The minimum absolute atomic E-state index is 0.503. The molecule has 1 fully saturated rings. The normalized spacial score (nSPS) is 19.3. The highest BCUT2D eigenvalue weighted by atomic mass is 15.2. The Labute approximate surface area is 150 Å². The molecule has 142 valence electrons. The number of hydrogen-bond donors (Lipinski definition) is 2. The molecule has 24 heavy (non-hydrogen) atoms. The first kappa shape index (κ1) is 21.2. The van der Waals surface area contributed by atoms with Crippen molar-refractivity contribution in [3.8, 4) is 0 Å². The average molecular weight is 340 g/mol.